The van der Waals surface area contributed by atoms with Gasteiger partial charge in [-0.3, -0.25) is 14.4 Å². The zero-order chi connectivity index (χ0) is 29.4. The van der Waals surface area contributed by atoms with Crippen LogP contribution in [0.5, 0.6) is 5.75 Å². The zero-order valence-corrected chi connectivity index (χ0v) is 24.2. The van der Waals surface area contributed by atoms with Crippen molar-refractivity contribution in [3.8, 4) is 5.75 Å². The number of halogens is 4. The first-order chi connectivity index (χ1) is 19.0. The Morgan fingerprint density at radius 3 is 2.23 bits per heavy atom. The van der Waals surface area contributed by atoms with Crippen LogP contribution < -0.4 is 20.7 Å². The molecule has 3 aromatic rings. The molecule has 11 heteroatoms. The maximum atomic E-state index is 14.0. The molecule has 0 spiro atoms. The van der Waals surface area contributed by atoms with E-state index in [2.05, 4.69) is 45.0 Å². The highest BCUT2D eigenvalue weighted by molar-refractivity contribution is 9.10. The number of amides is 3. The number of carbonyl (C=O) groups excluding carboxylic acids is 3. The smallest absolute Gasteiger partial charge is 0.259 e. The fourth-order valence-electron chi connectivity index (χ4n) is 3.48. The number of benzene rings is 3. The molecule has 0 saturated heterocycles. The number of rotatable bonds is 10. The Hall–Kier alpha value is -3.92. The van der Waals surface area contributed by atoms with Crippen LogP contribution in [-0.4, -0.2) is 24.8 Å². The van der Waals surface area contributed by atoms with Gasteiger partial charge in [0.2, 0.25) is 0 Å². The summed E-state index contributed by atoms with van der Waals surface area (Å²) in [5, 5.41) is 7.89. The molecule has 0 unspecified atom stereocenters. The number of hydrogen-bond donors (Lipinski definition) is 3. The Kier molecular flexibility index (Phi) is 10.7. The molecule has 0 fully saturated rings. The molecule has 7 nitrogen and oxygen atoms in total. The Balaban J connectivity index is 1.77. The number of carbonyl (C=O) groups is 3. The molecule has 0 aliphatic carbocycles. The first-order valence-corrected chi connectivity index (χ1v) is 13.1. The van der Waals surface area contributed by atoms with Gasteiger partial charge < -0.3 is 20.7 Å². The number of methoxy groups -OCH3 is 1. The molecule has 0 aliphatic rings. The van der Waals surface area contributed by atoms with Gasteiger partial charge in [0.15, 0.2) is 0 Å². The monoisotopic (exact) mass is 645 g/mol. The van der Waals surface area contributed by atoms with Crippen LogP contribution in [0.15, 0.2) is 101 Å². The van der Waals surface area contributed by atoms with Crippen molar-refractivity contribution in [2.75, 3.05) is 17.7 Å². The van der Waals surface area contributed by atoms with E-state index >= 15 is 0 Å². The second kappa shape index (κ2) is 13.9. The molecule has 0 aromatic heterocycles. The lowest BCUT2D eigenvalue weighted by Gasteiger charge is -2.13. The number of ether oxygens (including phenoxy) is 1. The molecule has 3 N–H and O–H groups in total. The molecule has 0 aliphatic heterocycles. The van der Waals surface area contributed by atoms with Gasteiger partial charge in [0.05, 0.1) is 28.8 Å². The molecule has 0 bridgehead atoms. The van der Waals surface area contributed by atoms with Gasteiger partial charge in [-0.1, -0.05) is 58.4 Å². The van der Waals surface area contributed by atoms with E-state index in [0.29, 0.717) is 22.7 Å². The summed E-state index contributed by atoms with van der Waals surface area (Å²) in [5.41, 5.74) is 1.26. The molecule has 3 aromatic carbocycles. The molecule has 0 radical (unpaired) electrons. The van der Waals surface area contributed by atoms with Crippen LogP contribution in [0.25, 0.3) is 0 Å². The number of anilines is 2. The summed E-state index contributed by atoms with van der Waals surface area (Å²) in [4.78, 5) is 38.4. The van der Waals surface area contributed by atoms with Crippen molar-refractivity contribution in [3.63, 3.8) is 0 Å². The topological polar surface area (TPSA) is 96.5 Å². The Bertz CT molecular complexity index is 1520. The van der Waals surface area contributed by atoms with E-state index < -0.39 is 29.1 Å². The van der Waals surface area contributed by atoms with Crippen molar-refractivity contribution < 1.29 is 23.5 Å². The summed E-state index contributed by atoms with van der Waals surface area (Å²) in [6, 6.07) is 16.2. The molecular weight excluding hydrogens is 624 g/mol. The molecule has 0 atom stereocenters. The maximum Gasteiger partial charge on any atom is 0.259 e. The van der Waals surface area contributed by atoms with E-state index in [9.17, 15) is 18.8 Å². The van der Waals surface area contributed by atoms with E-state index in [1.807, 2.05) is 0 Å². The summed E-state index contributed by atoms with van der Waals surface area (Å²) in [5.74, 6) is -2.41. The van der Waals surface area contributed by atoms with Gasteiger partial charge in [-0.15, -0.1) is 0 Å². The van der Waals surface area contributed by atoms with Crippen molar-refractivity contribution in [3.05, 3.63) is 123 Å². The minimum Gasteiger partial charge on any atom is -0.496 e. The number of allylic oxidation sites excluding steroid dienone is 2. The van der Waals surface area contributed by atoms with Gasteiger partial charge >= 0.3 is 0 Å². The predicted octanol–water partition coefficient (Wildman–Crippen LogP) is 7.39. The first kappa shape index (κ1) is 30.6. The highest BCUT2D eigenvalue weighted by atomic mass is 79.9. The second-order valence-corrected chi connectivity index (χ2v) is 9.94. The van der Waals surface area contributed by atoms with Crippen molar-refractivity contribution >= 4 is 68.2 Å². The third-order valence-corrected chi connectivity index (χ3v) is 6.50. The van der Waals surface area contributed by atoms with Crippen LogP contribution in [-0.2, 0) is 11.3 Å². The standard InChI is InChI=1S/C29H23BrCl2FN3O4/c1-4-24(33)26(16(2)31)29(39)34-15-17-5-11-23(32)21(13-17)27(37)36-20-10-12-25(40-3)22(14-20)28(38)35-19-8-6-18(30)7-9-19/h4-14H,1-2,15H2,3H3,(H,34,39)(H,35,38)(H,36,37)/b26-24-. The lowest BCUT2D eigenvalue weighted by molar-refractivity contribution is -0.117. The largest absolute Gasteiger partial charge is 0.496 e. The number of nitrogens with one attached hydrogen (secondary N) is 3. The van der Waals surface area contributed by atoms with E-state index in [1.54, 1.807) is 42.5 Å². The molecule has 0 heterocycles. The van der Waals surface area contributed by atoms with Gasteiger partial charge in [-0.05, 0) is 66.2 Å². The average Bonchev–Trinajstić information content (AvgIpc) is 2.93. The molecule has 206 valence electrons. The summed E-state index contributed by atoms with van der Waals surface area (Å²) in [7, 11) is 1.43. The van der Waals surface area contributed by atoms with Crippen molar-refractivity contribution in [1.82, 2.24) is 5.32 Å². The average molecular weight is 647 g/mol. The van der Waals surface area contributed by atoms with Crippen LogP contribution in [0.1, 0.15) is 26.3 Å². The quantitative estimate of drug-likeness (QED) is 0.158. The fourth-order valence-corrected chi connectivity index (χ4v) is 4.13. The number of hydrogen-bond acceptors (Lipinski definition) is 4. The third-order valence-electron chi connectivity index (χ3n) is 5.45. The van der Waals surface area contributed by atoms with E-state index in [4.69, 9.17) is 27.9 Å². The summed E-state index contributed by atoms with van der Waals surface area (Å²) in [6.07, 6.45) is 0.849. The van der Waals surface area contributed by atoms with Crippen molar-refractivity contribution in [1.29, 1.82) is 0 Å². The molecule has 3 rings (SSSR count). The van der Waals surface area contributed by atoms with Crippen molar-refractivity contribution in [2.45, 2.75) is 6.54 Å². The van der Waals surface area contributed by atoms with Gasteiger partial charge in [0.25, 0.3) is 17.7 Å². The van der Waals surface area contributed by atoms with E-state index in [1.165, 1.54) is 25.3 Å². The lowest BCUT2D eigenvalue weighted by atomic mass is 10.1. The minimum absolute atomic E-state index is 0.0582. The van der Waals surface area contributed by atoms with E-state index in [0.717, 1.165) is 10.5 Å². The summed E-state index contributed by atoms with van der Waals surface area (Å²) >= 11 is 15.4. The molecule has 3 amide bonds. The molecular formula is C29H23BrCl2FN3O4. The van der Waals surface area contributed by atoms with Gasteiger partial charge in [0, 0.05) is 27.4 Å². The zero-order valence-electron chi connectivity index (χ0n) is 21.1. The van der Waals surface area contributed by atoms with Crippen LogP contribution in [0.2, 0.25) is 5.02 Å². The van der Waals surface area contributed by atoms with Crippen LogP contribution in [0.3, 0.4) is 0 Å². The summed E-state index contributed by atoms with van der Waals surface area (Å²) in [6.45, 7) is 6.62. The first-order valence-electron chi connectivity index (χ1n) is 11.5. The highest BCUT2D eigenvalue weighted by Gasteiger charge is 2.19. The minimum atomic E-state index is -0.918. The van der Waals surface area contributed by atoms with Crippen LogP contribution >= 0.6 is 39.1 Å². The summed E-state index contributed by atoms with van der Waals surface area (Å²) < 4.78 is 20.1. The van der Waals surface area contributed by atoms with Gasteiger partial charge in [-0.25, -0.2) is 4.39 Å². The predicted molar refractivity (Wildman–Crippen MR) is 160 cm³/mol. The fraction of sp³-hybridized carbons (Fsp3) is 0.0690. The molecule has 40 heavy (non-hydrogen) atoms. The van der Waals surface area contributed by atoms with Crippen LogP contribution in [0.4, 0.5) is 15.8 Å². The highest BCUT2D eigenvalue weighted by Crippen LogP contribution is 2.26. The normalized spacial score (nSPS) is 11.1. The SMILES string of the molecule is C=C/C(F)=C(\C(=C)Cl)C(=O)NCc1ccc(Cl)c(C(=O)Nc2ccc(OC)c(C(=O)Nc3ccc(Br)cc3)c2)c1. The Morgan fingerprint density at radius 2 is 1.60 bits per heavy atom. The van der Waals surface area contributed by atoms with Gasteiger partial charge in [0.1, 0.15) is 11.6 Å². The third kappa shape index (κ3) is 7.81. The Labute approximate surface area is 248 Å². The molecule has 0 saturated carbocycles. The van der Waals surface area contributed by atoms with Crippen molar-refractivity contribution in [2.24, 2.45) is 0 Å². The van der Waals surface area contributed by atoms with Gasteiger partial charge in [-0.2, -0.15) is 0 Å². The Morgan fingerprint density at radius 1 is 0.975 bits per heavy atom. The van der Waals surface area contributed by atoms with Crippen LogP contribution in [0, 0.1) is 0 Å². The lowest BCUT2D eigenvalue weighted by Crippen LogP contribution is -2.25. The maximum absolute atomic E-state index is 14.0. The van der Waals surface area contributed by atoms with E-state index in [-0.39, 0.29) is 27.7 Å². The second-order valence-electron chi connectivity index (χ2n) is 8.16.